The molecule has 2 aromatic carbocycles. The molecule has 31 heavy (non-hydrogen) atoms. The zero-order chi connectivity index (χ0) is 22.2. The third kappa shape index (κ3) is 6.22. The Labute approximate surface area is 185 Å². The molecule has 5 heteroatoms. The summed E-state index contributed by atoms with van der Waals surface area (Å²) in [5, 5.41) is 0. The molecule has 0 aliphatic heterocycles. The molecule has 0 spiro atoms. The summed E-state index contributed by atoms with van der Waals surface area (Å²) >= 11 is 0. The zero-order valence-electron chi connectivity index (χ0n) is 18.9. The molecule has 0 bridgehead atoms. The van der Waals surface area contributed by atoms with E-state index in [9.17, 15) is 4.79 Å². The highest BCUT2D eigenvalue weighted by Gasteiger charge is 2.19. The average Bonchev–Trinajstić information content (AvgIpc) is 3.19. The molecule has 0 saturated carbocycles. The number of quaternary nitrogens is 1. The minimum atomic E-state index is -0.277. The van der Waals surface area contributed by atoms with Gasteiger partial charge in [0.25, 0.3) is 0 Å². The number of hydrogen-bond acceptors (Lipinski definition) is 3. The SMILES string of the molecule is COC(=O)c1ccccc1C[NH+](Cc1cccn1Cc1cccc(OC)c1)CC(C)C. The smallest absolute Gasteiger partial charge is 0.338 e. The molecule has 0 radical (unpaired) electrons. The van der Waals surface area contributed by atoms with Crippen molar-refractivity contribution >= 4 is 5.97 Å². The standard InChI is InChI=1S/C26H32N2O3/c1-20(2)16-27(18-22-10-5-6-13-25(22)26(29)31-4)19-23-11-8-14-28(23)17-21-9-7-12-24(15-21)30-3/h5-15,20H,16-19H2,1-4H3/p+1. The molecular weight excluding hydrogens is 388 g/mol. The van der Waals surface area contributed by atoms with Gasteiger partial charge >= 0.3 is 5.97 Å². The normalized spacial score (nSPS) is 12.0. The Balaban J connectivity index is 1.80. The van der Waals surface area contributed by atoms with E-state index in [1.807, 2.05) is 36.4 Å². The summed E-state index contributed by atoms with van der Waals surface area (Å²) in [6.45, 7) is 7.94. The third-order valence-electron chi connectivity index (χ3n) is 5.40. The minimum Gasteiger partial charge on any atom is -0.497 e. The topological polar surface area (TPSA) is 44.9 Å². The van der Waals surface area contributed by atoms with E-state index in [0.29, 0.717) is 11.5 Å². The highest BCUT2D eigenvalue weighted by Crippen LogP contribution is 2.15. The summed E-state index contributed by atoms with van der Waals surface area (Å²) in [5.41, 5.74) is 4.15. The summed E-state index contributed by atoms with van der Waals surface area (Å²) in [6.07, 6.45) is 2.13. The fourth-order valence-electron chi connectivity index (χ4n) is 4.02. The molecule has 1 atom stereocenters. The molecule has 1 N–H and O–H groups in total. The van der Waals surface area contributed by atoms with Crippen molar-refractivity contribution in [2.24, 2.45) is 5.92 Å². The fraction of sp³-hybridized carbons (Fsp3) is 0.346. The number of nitrogens with zero attached hydrogens (tertiary/aromatic N) is 1. The van der Waals surface area contributed by atoms with Crippen LogP contribution >= 0.6 is 0 Å². The summed E-state index contributed by atoms with van der Waals surface area (Å²) in [6, 6.07) is 20.2. The summed E-state index contributed by atoms with van der Waals surface area (Å²) in [5.74, 6) is 1.14. The maximum atomic E-state index is 12.2. The number of nitrogens with one attached hydrogen (secondary N) is 1. The van der Waals surface area contributed by atoms with Crippen molar-refractivity contribution in [1.82, 2.24) is 4.57 Å². The number of benzene rings is 2. The van der Waals surface area contributed by atoms with Gasteiger partial charge in [-0.05, 0) is 35.9 Å². The van der Waals surface area contributed by atoms with Gasteiger partial charge in [0.15, 0.2) is 0 Å². The van der Waals surface area contributed by atoms with Crippen LogP contribution in [0.2, 0.25) is 0 Å². The lowest BCUT2D eigenvalue weighted by molar-refractivity contribution is -0.930. The van der Waals surface area contributed by atoms with E-state index in [1.54, 1.807) is 7.11 Å². The first kappa shape index (κ1) is 22.6. The first-order chi connectivity index (χ1) is 15.0. The summed E-state index contributed by atoms with van der Waals surface area (Å²) in [7, 11) is 3.13. The number of hydrogen-bond donors (Lipinski definition) is 1. The number of aromatic nitrogens is 1. The van der Waals surface area contributed by atoms with Crippen LogP contribution in [0.5, 0.6) is 5.75 Å². The highest BCUT2D eigenvalue weighted by molar-refractivity contribution is 5.90. The van der Waals surface area contributed by atoms with Gasteiger partial charge in [0.2, 0.25) is 0 Å². The lowest BCUT2D eigenvalue weighted by Crippen LogP contribution is -3.10. The van der Waals surface area contributed by atoms with E-state index in [-0.39, 0.29) is 5.97 Å². The predicted molar refractivity (Wildman–Crippen MR) is 122 cm³/mol. The third-order valence-corrected chi connectivity index (χ3v) is 5.40. The largest absolute Gasteiger partial charge is 0.497 e. The Hall–Kier alpha value is -3.05. The van der Waals surface area contributed by atoms with E-state index in [0.717, 1.165) is 37.5 Å². The van der Waals surface area contributed by atoms with Crippen molar-refractivity contribution in [1.29, 1.82) is 0 Å². The van der Waals surface area contributed by atoms with Crippen LogP contribution in [0.3, 0.4) is 0 Å². The van der Waals surface area contributed by atoms with E-state index in [2.05, 4.69) is 48.9 Å². The van der Waals surface area contributed by atoms with Crippen molar-refractivity contribution in [3.8, 4) is 5.75 Å². The van der Waals surface area contributed by atoms with Crippen LogP contribution in [-0.2, 0) is 24.4 Å². The van der Waals surface area contributed by atoms with E-state index in [1.165, 1.54) is 23.3 Å². The van der Waals surface area contributed by atoms with Crippen molar-refractivity contribution < 1.29 is 19.2 Å². The molecule has 0 aliphatic rings. The predicted octanol–water partition coefficient (Wildman–Crippen LogP) is 3.57. The quantitative estimate of drug-likeness (QED) is 0.509. The Morgan fingerprint density at radius 3 is 2.55 bits per heavy atom. The van der Waals surface area contributed by atoms with Gasteiger partial charge in [-0.25, -0.2) is 4.79 Å². The molecule has 3 aromatic rings. The monoisotopic (exact) mass is 421 g/mol. The molecule has 0 aliphatic carbocycles. The molecule has 164 valence electrons. The number of carbonyl (C=O) groups excluding carboxylic acids is 1. The van der Waals surface area contributed by atoms with Gasteiger partial charge in [0, 0.05) is 24.2 Å². The molecule has 0 amide bonds. The van der Waals surface area contributed by atoms with Crippen LogP contribution in [0.15, 0.2) is 66.9 Å². The maximum Gasteiger partial charge on any atom is 0.338 e. The van der Waals surface area contributed by atoms with Gasteiger partial charge < -0.3 is 18.9 Å². The zero-order valence-corrected chi connectivity index (χ0v) is 18.9. The lowest BCUT2D eigenvalue weighted by Gasteiger charge is -2.23. The molecule has 1 aromatic heterocycles. The lowest BCUT2D eigenvalue weighted by atomic mass is 10.1. The van der Waals surface area contributed by atoms with Gasteiger partial charge in [0.1, 0.15) is 18.8 Å². The second-order valence-corrected chi connectivity index (χ2v) is 8.33. The fourth-order valence-corrected chi connectivity index (χ4v) is 4.02. The second kappa shape index (κ2) is 10.8. The number of ether oxygens (including phenoxy) is 2. The second-order valence-electron chi connectivity index (χ2n) is 8.33. The first-order valence-corrected chi connectivity index (χ1v) is 10.8. The molecular formula is C26H33N2O3+. The average molecular weight is 422 g/mol. The Morgan fingerprint density at radius 1 is 1.00 bits per heavy atom. The van der Waals surface area contributed by atoms with E-state index in [4.69, 9.17) is 9.47 Å². The highest BCUT2D eigenvalue weighted by atomic mass is 16.5. The van der Waals surface area contributed by atoms with Crippen molar-refractivity contribution in [2.45, 2.75) is 33.5 Å². The van der Waals surface area contributed by atoms with E-state index < -0.39 is 0 Å². The molecule has 3 rings (SSSR count). The molecule has 1 unspecified atom stereocenters. The minimum absolute atomic E-state index is 0.277. The van der Waals surface area contributed by atoms with Crippen LogP contribution in [-0.4, -0.2) is 31.3 Å². The molecule has 0 fully saturated rings. The van der Waals surface area contributed by atoms with Crippen LogP contribution < -0.4 is 9.64 Å². The van der Waals surface area contributed by atoms with Gasteiger partial charge in [0.05, 0.1) is 32.0 Å². The Morgan fingerprint density at radius 2 is 1.81 bits per heavy atom. The van der Waals surface area contributed by atoms with Crippen LogP contribution in [0.1, 0.15) is 41.0 Å². The van der Waals surface area contributed by atoms with Gasteiger partial charge in [-0.15, -0.1) is 0 Å². The Bertz CT molecular complexity index is 994. The van der Waals surface area contributed by atoms with Crippen molar-refractivity contribution in [2.75, 3.05) is 20.8 Å². The van der Waals surface area contributed by atoms with Crippen molar-refractivity contribution in [3.05, 3.63) is 89.2 Å². The number of carbonyl (C=O) groups is 1. The molecule has 1 heterocycles. The number of esters is 1. The first-order valence-electron chi connectivity index (χ1n) is 10.8. The van der Waals surface area contributed by atoms with Crippen LogP contribution in [0.4, 0.5) is 0 Å². The molecule has 0 saturated heterocycles. The van der Waals surface area contributed by atoms with Gasteiger partial charge in [-0.1, -0.05) is 44.2 Å². The summed E-state index contributed by atoms with van der Waals surface area (Å²) < 4.78 is 12.6. The molecule has 5 nitrogen and oxygen atoms in total. The maximum absolute atomic E-state index is 12.2. The number of methoxy groups -OCH3 is 2. The summed E-state index contributed by atoms with van der Waals surface area (Å²) in [4.78, 5) is 13.6. The van der Waals surface area contributed by atoms with Gasteiger partial charge in [-0.2, -0.15) is 0 Å². The van der Waals surface area contributed by atoms with Crippen LogP contribution in [0, 0.1) is 5.92 Å². The van der Waals surface area contributed by atoms with Crippen LogP contribution in [0.25, 0.3) is 0 Å². The van der Waals surface area contributed by atoms with E-state index >= 15 is 0 Å². The number of rotatable bonds is 10. The Kier molecular flexibility index (Phi) is 7.90. The van der Waals surface area contributed by atoms with Gasteiger partial charge in [-0.3, -0.25) is 0 Å². The van der Waals surface area contributed by atoms with Crippen molar-refractivity contribution in [3.63, 3.8) is 0 Å².